The van der Waals surface area contributed by atoms with Gasteiger partial charge < -0.3 is 0 Å². The number of benzene rings is 1. The molecule has 1 unspecified atom stereocenters. The van der Waals surface area contributed by atoms with Crippen molar-refractivity contribution in [2.45, 2.75) is 31.7 Å². The van der Waals surface area contributed by atoms with E-state index < -0.39 is 6.04 Å². The van der Waals surface area contributed by atoms with Gasteiger partial charge in [-0.2, -0.15) is 0 Å². The first-order valence-electron chi connectivity index (χ1n) is 7.70. The third kappa shape index (κ3) is 1.75. The van der Waals surface area contributed by atoms with Crippen LogP contribution in [-0.4, -0.2) is 40.7 Å². The van der Waals surface area contributed by atoms with Crippen molar-refractivity contribution < 1.29 is 14.2 Å². The molecular formula is C17H18N3O2+. The fourth-order valence-electron chi connectivity index (χ4n) is 3.61. The molecule has 1 atom stereocenters. The maximum Gasteiger partial charge on any atom is 0.337 e. The predicted octanol–water partition coefficient (Wildman–Crippen LogP) is 2.34. The Morgan fingerprint density at radius 2 is 1.82 bits per heavy atom. The number of hydrogen-bond acceptors (Lipinski definition) is 2. The highest BCUT2D eigenvalue weighted by molar-refractivity contribution is 6.26. The molecule has 1 aromatic rings. The van der Waals surface area contributed by atoms with Crippen LogP contribution in [0, 0.1) is 0 Å². The summed E-state index contributed by atoms with van der Waals surface area (Å²) in [5, 5.41) is 0. The summed E-state index contributed by atoms with van der Waals surface area (Å²) in [6.45, 7) is 0. The highest BCUT2D eigenvalue weighted by atomic mass is 16.2. The van der Waals surface area contributed by atoms with Crippen molar-refractivity contribution in [2.24, 2.45) is 0 Å². The van der Waals surface area contributed by atoms with E-state index in [-0.39, 0.29) is 11.9 Å². The Kier molecular flexibility index (Phi) is 2.89. The molecule has 3 aliphatic rings. The highest BCUT2D eigenvalue weighted by Crippen LogP contribution is 2.36. The summed E-state index contributed by atoms with van der Waals surface area (Å²) in [6.07, 6.45) is 5.92. The van der Waals surface area contributed by atoms with Crippen molar-refractivity contribution in [3.05, 3.63) is 41.7 Å². The zero-order chi connectivity index (χ0) is 15.3. The SMILES string of the molecule is C[N+]1=CC2C(=O)N(c3ccccc3)C(=O)N2C2=C1CCCC2. The maximum absolute atomic E-state index is 12.9. The lowest BCUT2D eigenvalue weighted by molar-refractivity contribution is -0.449. The molecule has 2 aliphatic heterocycles. The average molecular weight is 296 g/mol. The Labute approximate surface area is 129 Å². The Morgan fingerprint density at radius 1 is 1.09 bits per heavy atom. The Hall–Kier alpha value is -2.43. The third-order valence-corrected chi connectivity index (χ3v) is 4.65. The molecule has 112 valence electrons. The van der Waals surface area contributed by atoms with Gasteiger partial charge in [-0.3, -0.25) is 9.69 Å². The monoisotopic (exact) mass is 296 g/mol. The molecule has 5 heteroatoms. The normalized spacial score (nSPS) is 24.4. The van der Waals surface area contributed by atoms with Crippen molar-refractivity contribution >= 4 is 23.8 Å². The minimum absolute atomic E-state index is 0.167. The van der Waals surface area contributed by atoms with Gasteiger partial charge in [-0.15, -0.1) is 0 Å². The smallest absolute Gasteiger partial charge is 0.271 e. The van der Waals surface area contributed by atoms with Gasteiger partial charge in [0, 0.05) is 6.42 Å². The molecular weight excluding hydrogens is 278 g/mol. The summed E-state index contributed by atoms with van der Waals surface area (Å²) in [5.74, 6) is -0.167. The Morgan fingerprint density at radius 3 is 2.59 bits per heavy atom. The van der Waals surface area contributed by atoms with Crippen molar-refractivity contribution in [1.82, 2.24) is 4.90 Å². The van der Waals surface area contributed by atoms with Crippen molar-refractivity contribution in [2.75, 3.05) is 11.9 Å². The number of imide groups is 1. The first-order valence-corrected chi connectivity index (χ1v) is 7.70. The number of carbonyl (C=O) groups excluding carboxylic acids is 2. The van der Waals surface area contributed by atoms with Gasteiger partial charge in [-0.1, -0.05) is 18.2 Å². The van der Waals surface area contributed by atoms with Gasteiger partial charge in [-0.25, -0.2) is 14.3 Å². The maximum atomic E-state index is 12.9. The quantitative estimate of drug-likeness (QED) is 0.590. The van der Waals surface area contributed by atoms with Crippen LogP contribution in [0.5, 0.6) is 0 Å². The van der Waals surface area contributed by atoms with Gasteiger partial charge in [0.15, 0.2) is 12.3 Å². The van der Waals surface area contributed by atoms with Crippen LogP contribution in [-0.2, 0) is 4.79 Å². The number of anilines is 1. The molecule has 0 aromatic heterocycles. The lowest BCUT2D eigenvalue weighted by Gasteiger charge is -2.28. The van der Waals surface area contributed by atoms with Crippen LogP contribution in [0.4, 0.5) is 10.5 Å². The summed E-state index contributed by atoms with van der Waals surface area (Å²) in [6, 6.07) is 8.43. The molecule has 3 amide bonds. The minimum Gasteiger partial charge on any atom is -0.271 e. The Bertz CT molecular complexity index is 721. The topological polar surface area (TPSA) is 43.6 Å². The van der Waals surface area contributed by atoms with E-state index >= 15 is 0 Å². The number of rotatable bonds is 1. The summed E-state index contributed by atoms with van der Waals surface area (Å²) < 4.78 is 2.04. The molecule has 4 rings (SSSR count). The van der Waals surface area contributed by atoms with Gasteiger partial charge in [0.1, 0.15) is 7.05 Å². The second-order valence-corrected chi connectivity index (χ2v) is 5.97. The number of nitrogens with zero attached hydrogens (tertiary/aromatic N) is 3. The number of para-hydroxylation sites is 1. The fourth-order valence-corrected chi connectivity index (χ4v) is 3.61. The molecule has 1 aliphatic carbocycles. The van der Waals surface area contributed by atoms with E-state index in [0.717, 1.165) is 31.4 Å². The van der Waals surface area contributed by atoms with Crippen molar-refractivity contribution in [3.8, 4) is 0 Å². The molecule has 0 radical (unpaired) electrons. The van der Waals surface area contributed by atoms with Crippen LogP contribution < -0.4 is 4.90 Å². The molecule has 2 heterocycles. The number of carbonyl (C=O) groups is 2. The van der Waals surface area contributed by atoms with Gasteiger partial charge in [-0.05, 0) is 31.4 Å². The summed E-state index contributed by atoms with van der Waals surface area (Å²) in [4.78, 5) is 28.6. The molecule has 22 heavy (non-hydrogen) atoms. The molecule has 1 aromatic carbocycles. The second kappa shape index (κ2) is 4.80. The van der Waals surface area contributed by atoms with Gasteiger partial charge in [0.25, 0.3) is 5.91 Å². The van der Waals surface area contributed by atoms with E-state index in [9.17, 15) is 9.59 Å². The van der Waals surface area contributed by atoms with Crippen LogP contribution >= 0.6 is 0 Å². The first-order chi connectivity index (χ1) is 10.7. The van der Waals surface area contributed by atoms with E-state index in [2.05, 4.69) is 0 Å². The molecule has 5 nitrogen and oxygen atoms in total. The third-order valence-electron chi connectivity index (χ3n) is 4.65. The molecule has 0 spiro atoms. The number of amides is 3. The van der Waals surface area contributed by atoms with Gasteiger partial charge >= 0.3 is 6.03 Å². The molecule has 0 N–H and O–H groups in total. The number of hydrogen-bond donors (Lipinski definition) is 0. The number of allylic oxidation sites excluding steroid dienone is 2. The Balaban J connectivity index is 1.80. The predicted molar refractivity (Wildman–Crippen MR) is 82.7 cm³/mol. The molecule has 0 bridgehead atoms. The van der Waals surface area contributed by atoms with Crippen LogP contribution in [0.15, 0.2) is 41.7 Å². The van der Waals surface area contributed by atoms with Gasteiger partial charge in [0.2, 0.25) is 5.70 Å². The van der Waals surface area contributed by atoms with Crippen LogP contribution in [0.25, 0.3) is 0 Å². The van der Waals surface area contributed by atoms with Crippen molar-refractivity contribution in [3.63, 3.8) is 0 Å². The van der Waals surface area contributed by atoms with Crippen LogP contribution in [0.1, 0.15) is 25.7 Å². The van der Waals surface area contributed by atoms with Crippen molar-refractivity contribution in [1.29, 1.82) is 0 Å². The second-order valence-electron chi connectivity index (χ2n) is 5.97. The van der Waals surface area contributed by atoms with E-state index in [0.29, 0.717) is 5.69 Å². The highest BCUT2D eigenvalue weighted by Gasteiger charge is 2.52. The first kappa shape index (κ1) is 13.2. The average Bonchev–Trinajstić information content (AvgIpc) is 2.80. The number of fused-ring (bicyclic) bond motifs is 2. The standard InChI is InChI=1S/C17H18N3O2/c1-18-11-15-16(21)19(12-7-3-2-4-8-12)17(22)20(15)14-10-6-5-9-13(14)18/h2-4,7-8,11,15H,5-6,9-10H2,1H3/q+1. The molecule has 1 fully saturated rings. The number of urea groups is 1. The van der Waals surface area contributed by atoms with E-state index in [1.54, 1.807) is 17.0 Å². The fraction of sp³-hybridized carbons (Fsp3) is 0.353. The van der Waals surface area contributed by atoms with Crippen LogP contribution in [0.3, 0.4) is 0 Å². The minimum atomic E-state index is -0.505. The molecule has 1 saturated heterocycles. The van der Waals surface area contributed by atoms with E-state index in [1.807, 2.05) is 36.0 Å². The zero-order valence-corrected chi connectivity index (χ0v) is 12.5. The lowest BCUT2D eigenvalue weighted by Crippen LogP contribution is -2.43. The van der Waals surface area contributed by atoms with Crippen LogP contribution in [0.2, 0.25) is 0 Å². The zero-order valence-electron chi connectivity index (χ0n) is 12.5. The summed E-state index contributed by atoms with van der Waals surface area (Å²) in [7, 11) is 1.97. The molecule has 0 saturated carbocycles. The van der Waals surface area contributed by atoms with E-state index in [4.69, 9.17) is 0 Å². The largest absolute Gasteiger partial charge is 0.337 e. The van der Waals surface area contributed by atoms with Gasteiger partial charge in [0.05, 0.1) is 11.4 Å². The summed E-state index contributed by atoms with van der Waals surface area (Å²) >= 11 is 0. The lowest BCUT2D eigenvalue weighted by atomic mass is 9.97. The van der Waals surface area contributed by atoms with E-state index in [1.165, 1.54) is 10.6 Å². The summed E-state index contributed by atoms with van der Waals surface area (Å²) in [5.41, 5.74) is 2.84.